The molecule has 32 heavy (non-hydrogen) atoms. The summed E-state index contributed by atoms with van der Waals surface area (Å²) in [6, 6.07) is 4.47. The summed E-state index contributed by atoms with van der Waals surface area (Å²) >= 11 is 0. The Bertz CT molecular complexity index is 738. The molecule has 2 heterocycles. The van der Waals surface area contributed by atoms with Crippen LogP contribution in [0.15, 0.2) is 23.3 Å². The van der Waals surface area contributed by atoms with Gasteiger partial charge in [0.15, 0.2) is 5.96 Å². The number of nitrogens with one attached hydrogen (secondary N) is 2. The smallest absolute Gasteiger partial charge is 0.220 e. The number of guanidine groups is 1. The summed E-state index contributed by atoms with van der Waals surface area (Å²) in [5.74, 6) is 2.54. The van der Waals surface area contributed by atoms with Gasteiger partial charge in [-0.05, 0) is 51.5 Å². The zero-order valence-electron chi connectivity index (χ0n) is 20.0. The minimum Gasteiger partial charge on any atom is -0.369 e. The molecular weight excluding hydrogens is 400 g/mol. The van der Waals surface area contributed by atoms with Crippen molar-refractivity contribution in [2.75, 3.05) is 24.5 Å². The van der Waals surface area contributed by atoms with E-state index in [0.717, 1.165) is 55.7 Å². The Kier molecular flexibility index (Phi) is 9.62. The van der Waals surface area contributed by atoms with E-state index in [1.807, 2.05) is 12.3 Å². The van der Waals surface area contributed by atoms with Crippen molar-refractivity contribution in [1.82, 2.24) is 15.6 Å². The maximum atomic E-state index is 11.5. The van der Waals surface area contributed by atoms with Crippen LogP contribution in [0.2, 0.25) is 0 Å². The van der Waals surface area contributed by atoms with Gasteiger partial charge >= 0.3 is 0 Å². The third-order valence-corrected chi connectivity index (χ3v) is 6.93. The number of piperidine rings is 1. The number of primary amides is 1. The molecule has 1 aromatic heterocycles. The molecule has 1 saturated carbocycles. The van der Waals surface area contributed by atoms with Crippen LogP contribution >= 0.6 is 0 Å². The maximum Gasteiger partial charge on any atom is 0.220 e. The monoisotopic (exact) mass is 442 g/mol. The van der Waals surface area contributed by atoms with Crippen molar-refractivity contribution in [2.24, 2.45) is 22.6 Å². The Morgan fingerprint density at radius 1 is 1.25 bits per heavy atom. The molecule has 0 aromatic carbocycles. The molecule has 0 radical (unpaired) electrons. The average molecular weight is 443 g/mol. The Labute approximate surface area is 193 Å². The number of aromatic nitrogens is 1. The van der Waals surface area contributed by atoms with Crippen LogP contribution in [0.1, 0.15) is 77.2 Å². The van der Waals surface area contributed by atoms with Gasteiger partial charge in [-0.1, -0.05) is 38.2 Å². The zero-order chi connectivity index (χ0) is 22.8. The topological polar surface area (TPSA) is 95.6 Å². The highest BCUT2D eigenvalue weighted by Gasteiger charge is 2.25. The van der Waals surface area contributed by atoms with E-state index in [1.165, 1.54) is 44.9 Å². The fourth-order valence-corrected chi connectivity index (χ4v) is 4.97. The highest BCUT2D eigenvalue weighted by atomic mass is 16.1. The minimum absolute atomic E-state index is 0.0175. The highest BCUT2D eigenvalue weighted by molar-refractivity contribution is 5.80. The lowest BCUT2D eigenvalue weighted by molar-refractivity contribution is -0.122. The first-order valence-corrected chi connectivity index (χ1v) is 12.6. The number of rotatable bonds is 9. The summed E-state index contributed by atoms with van der Waals surface area (Å²) in [5, 5.41) is 6.99. The number of aliphatic imine (C=N–C) groups is 1. The van der Waals surface area contributed by atoms with E-state index in [2.05, 4.69) is 40.4 Å². The number of nitrogens with zero attached hydrogens (tertiary/aromatic N) is 3. The van der Waals surface area contributed by atoms with Gasteiger partial charge in [-0.25, -0.2) is 9.98 Å². The molecule has 0 bridgehead atoms. The van der Waals surface area contributed by atoms with Crippen LogP contribution < -0.4 is 21.3 Å². The van der Waals surface area contributed by atoms with Gasteiger partial charge < -0.3 is 21.3 Å². The molecule has 1 aliphatic heterocycles. The van der Waals surface area contributed by atoms with Crippen LogP contribution in [0.25, 0.3) is 0 Å². The van der Waals surface area contributed by atoms with Gasteiger partial charge in [-0.2, -0.15) is 0 Å². The van der Waals surface area contributed by atoms with Gasteiger partial charge in [0.25, 0.3) is 0 Å². The molecule has 3 rings (SSSR count). The number of amides is 1. The van der Waals surface area contributed by atoms with Crippen molar-refractivity contribution in [1.29, 1.82) is 0 Å². The Morgan fingerprint density at radius 2 is 2.00 bits per heavy atom. The molecule has 2 aliphatic rings. The van der Waals surface area contributed by atoms with Crippen molar-refractivity contribution in [3.05, 3.63) is 23.9 Å². The summed E-state index contributed by atoms with van der Waals surface area (Å²) in [7, 11) is 0. The molecular formula is C25H42N6O. The molecule has 0 spiro atoms. The van der Waals surface area contributed by atoms with E-state index in [9.17, 15) is 4.79 Å². The molecule has 1 atom stereocenters. The molecule has 1 aliphatic carbocycles. The largest absolute Gasteiger partial charge is 0.369 e. The van der Waals surface area contributed by atoms with Gasteiger partial charge in [0, 0.05) is 43.4 Å². The molecule has 1 saturated heterocycles. The Balaban J connectivity index is 1.57. The van der Waals surface area contributed by atoms with Crippen molar-refractivity contribution < 1.29 is 4.79 Å². The zero-order valence-corrected chi connectivity index (χ0v) is 20.0. The van der Waals surface area contributed by atoms with Gasteiger partial charge in [0.2, 0.25) is 5.91 Å². The highest BCUT2D eigenvalue weighted by Crippen LogP contribution is 2.28. The molecule has 4 N–H and O–H groups in total. The van der Waals surface area contributed by atoms with Gasteiger partial charge in [-0.15, -0.1) is 0 Å². The molecule has 7 nitrogen and oxygen atoms in total. The van der Waals surface area contributed by atoms with Crippen molar-refractivity contribution in [3.63, 3.8) is 0 Å². The second-order valence-corrected chi connectivity index (χ2v) is 9.47. The van der Waals surface area contributed by atoms with Gasteiger partial charge in [0.05, 0.1) is 6.54 Å². The normalized spacial score (nSPS) is 19.6. The second kappa shape index (κ2) is 12.7. The second-order valence-electron chi connectivity index (χ2n) is 9.47. The summed E-state index contributed by atoms with van der Waals surface area (Å²) in [4.78, 5) is 23.3. The van der Waals surface area contributed by atoms with Crippen LogP contribution in [0.3, 0.4) is 0 Å². The number of carbonyl (C=O) groups excluding carboxylic acids is 1. The van der Waals surface area contributed by atoms with Gasteiger partial charge in [0.1, 0.15) is 5.82 Å². The van der Waals surface area contributed by atoms with Gasteiger partial charge in [-0.3, -0.25) is 4.79 Å². The molecule has 1 unspecified atom stereocenters. The van der Waals surface area contributed by atoms with Crippen LogP contribution in [-0.2, 0) is 11.3 Å². The van der Waals surface area contributed by atoms with E-state index in [1.54, 1.807) is 0 Å². The van der Waals surface area contributed by atoms with Crippen molar-refractivity contribution in [3.8, 4) is 0 Å². The molecule has 7 heteroatoms. The third kappa shape index (κ3) is 7.38. The average Bonchev–Trinajstić information content (AvgIpc) is 2.82. The Hall–Kier alpha value is -2.31. The summed E-state index contributed by atoms with van der Waals surface area (Å²) < 4.78 is 0. The number of nitrogens with two attached hydrogens (primary N) is 1. The number of anilines is 1. The molecule has 178 valence electrons. The summed E-state index contributed by atoms with van der Waals surface area (Å²) in [6.07, 6.45) is 12.9. The fraction of sp³-hybridized carbons (Fsp3) is 0.720. The van der Waals surface area contributed by atoms with Crippen LogP contribution in [0, 0.1) is 11.8 Å². The predicted octanol–water partition coefficient (Wildman–Crippen LogP) is 3.59. The van der Waals surface area contributed by atoms with E-state index >= 15 is 0 Å². The standard InChI is InChI=1S/C25H42N6O/c1-3-27-25(30-19(2)11-12-20-8-5-4-6-9-20)29-18-22-10-7-15-28-24(22)31-16-13-21(14-17-31)23(26)32/h7,10,15,19-21H,3-6,8-9,11-14,16-18H2,1-2H3,(H2,26,32)(H2,27,29,30). The van der Waals surface area contributed by atoms with Crippen LogP contribution in [0.5, 0.6) is 0 Å². The van der Waals surface area contributed by atoms with E-state index in [-0.39, 0.29) is 11.8 Å². The fourth-order valence-electron chi connectivity index (χ4n) is 4.97. The van der Waals surface area contributed by atoms with E-state index in [0.29, 0.717) is 12.6 Å². The third-order valence-electron chi connectivity index (χ3n) is 6.93. The van der Waals surface area contributed by atoms with Crippen molar-refractivity contribution in [2.45, 2.75) is 84.2 Å². The SMILES string of the molecule is CCNC(=NCc1cccnc1N1CCC(C(N)=O)CC1)NC(C)CCC1CCCCC1. The number of pyridine rings is 1. The minimum atomic E-state index is -0.186. The number of carbonyl (C=O) groups is 1. The lowest BCUT2D eigenvalue weighted by Gasteiger charge is -2.32. The lowest BCUT2D eigenvalue weighted by atomic mass is 9.85. The first-order valence-electron chi connectivity index (χ1n) is 12.6. The van der Waals surface area contributed by atoms with Crippen LogP contribution in [-0.4, -0.2) is 42.5 Å². The number of hydrogen-bond donors (Lipinski definition) is 3. The van der Waals surface area contributed by atoms with E-state index in [4.69, 9.17) is 10.7 Å². The molecule has 1 aromatic rings. The quantitative estimate of drug-likeness (QED) is 0.401. The first kappa shape index (κ1) is 24.3. The molecule has 2 fully saturated rings. The number of hydrogen-bond acceptors (Lipinski definition) is 4. The van der Waals surface area contributed by atoms with E-state index < -0.39 is 0 Å². The molecule has 1 amide bonds. The maximum absolute atomic E-state index is 11.5. The summed E-state index contributed by atoms with van der Waals surface area (Å²) in [5.41, 5.74) is 6.60. The summed E-state index contributed by atoms with van der Waals surface area (Å²) in [6.45, 7) is 7.37. The van der Waals surface area contributed by atoms with Crippen molar-refractivity contribution >= 4 is 17.7 Å². The predicted molar refractivity (Wildman–Crippen MR) is 132 cm³/mol. The lowest BCUT2D eigenvalue weighted by Crippen LogP contribution is -2.42. The first-order chi connectivity index (χ1) is 15.6. The van der Waals surface area contributed by atoms with Crippen LogP contribution in [0.4, 0.5) is 5.82 Å². The Morgan fingerprint density at radius 3 is 2.69 bits per heavy atom.